The van der Waals surface area contributed by atoms with Gasteiger partial charge in [0.2, 0.25) is 0 Å². The number of benzene rings is 1. The SMILES string of the molecule is CC(C)(C)CCC(C)(C)CC(c1ccc(O)cc1)C(C)(C)C. The normalized spacial score (nSPS) is 14.9. The fraction of sp³-hybridized carbons (Fsp3) is 0.714. The molecule has 0 radical (unpaired) electrons. The van der Waals surface area contributed by atoms with E-state index in [4.69, 9.17) is 0 Å². The van der Waals surface area contributed by atoms with Crippen LogP contribution in [0.25, 0.3) is 0 Å². The van der Waals surface area contributed by atoms with Crippen molar-refractivity contribution in [2.75, 3.05) is 0 Å². The van der Waals surface area contributed by atoms with Crippen molar-refractivity contribution in [1.82, 2.24) is 0 Å². The van der Waals surface area contributed by atoms with Crippen LogP contribution in [-0.4, -0.2) is 5.11 Å². The molecule has 1 atom stereocenters. The summed E-state index contributed by atoms with van der Waals surface area (Å²) in [5.41, 5.74) is 2.28. The summed E-state index contributed by atoms with van der Waals surface area (Å²) in [5.74, 6) is 0.853. The molecule has 0 spiro atoms. The van der Waals surface area contributed by atoms with Gasteiger partial charge in [0.15, 0.2) is 0 Å². The fourth-order valence-electron chi connectivity index (χ4n) is 3.00. The third kappa shape index (κ3) is 6.42. The average molecular weight is 305 g/mol. The monoisotopic (exact) mass is 304 g/mol. The Kier molecular flexibility index (Phi) is 5.76. The zero-order chi connectivity index (χ0) is 17.2. The van der Waals surface area contributed by atoms with Gasteiger partial charge in [-0.05, 0) is 59.1 Å². The minimum atomic E-state index is 0.218. The topological polar surface area (TPSA) is 20.2 Å². The van der Waals surface area contributed by atoms with Crippen molar-refractivity contribution in [2.24, 2.45) is 16.2 Å². The molecule has 22 heavy (non-hydrogen) atoms. The molecule has 0 heterocycles. The van der Waals surface area contributed by atoms with Crippen LogP contribution in [0.1, 0.15) is 86.1 Å². The van der Waals surface area contributed by atoms with Gasteiger partial charge < -0.3 is 5.11 Å². The van der Waals surface area contributed by atoms with Crippen molar-refractivity contribution in [1.29, 1.82) is 0 Å². The van der Waals surface area contributed by atoms with E-state index in [1.54, 1.807) is 0 Å². The van der Waals surface area contributed by atoms with Gasteiger partial charge in [-0.25, -0.2) is 0 Å². The predicted molar refractivity (Wildman–Crippen MR) is 97.4 cm³/mol. The molecule has 0 aliphatic heterocycles. The highest BCUT2D eigenvalue weighted by Crippen LogP contribution is 2.45. The summed E-state index contributed by atoms with van der Waals surface area (Å²) in [6.07, 6.45) is 3.69. The zero-order valence-electron chi connectivity index (χ0n) is 16.0. The first-order valence-electron chi connectivity index (χ1n) is 8.59. The summed E-state index contributed by atoms with van der Waals surface area (Å²) in [7, 11) is 0. The van der Waals surface area contributed by atoms with Crippen LogP contribution in [-0.2, 0) is 0 Å². The van der Waals surface area contributed by atoms with Crippen molar-refractivity contribution in [3.8, 4) is 5.75 Å². The van der Waals surface area contributed by atoms with Crippen LogP contribution in [0.2, 0.25) is 0 Å². The maximum absolute atomic E-state index is 9.55. The second kappa shape index (κ2) is 6.64. The van der Waals surface area contributed by atoms with Crippen LogP contribution >= 0.6 is 0 Å². The van der Waals surface area contributed by atoms with Crippen molar-refractivity contribution >= 4 is 0 Å². The highest BCUT2D eigenvalue weighted by Gasteiger charge is 2.32. The first kappa shape index (κ1) is 19.1. The van der Waals surface area contributed by atoms with E-state index in [9.17, 15) is 5.11 Å². The lowest BCUT2D eigenvalue weighted by Crippen LogP contribution is -2.26. The summed E-state index contributed by atoms with van der Waals surface area (Å²) in [6, 6.07) is 7.81. The highest BCUT2D eigenvalue weighted by atomic mass is 16.3. The van der Waals surface area contributed by atoms with E-state index in [1.807, 2.05) is 12.1 Å². The van der Waals surface area contributed by atoms with Gasteiger partial charge in [-0.2, -0.15) is 0 Å². The van der Waals surface area contributed by atoms with Gasteiger partial charge >= 0.3 is 0 Å². The minimum Gasteiger partial charge on any atom is -0.508 e. The fourth-order valence-corrected chi connectivity index (χ4v) is 3.00. The molecule has 0 aliphatic rings. The van der Waals surface area contributed by atoms with Gasteiger partial charge in [0.25, 0.3) is 0 Å². The molecule has 0 bridgehead atoms. The maximum atomic E-state index is 9.55. The Morgan fingerprint density at radius 1 is 0.818 bits per heavy atom. The molecule has 1 nitrogen and oxygen atoms in total. The van der Waals surface area contributed by atoms with Gasteiger partial charge in [0.05, 0.1) is 0 Å². The number of aromatic hydroxyl groups is 1. The smallest absolute Gasteiger partial charge is 0.115 e. The standard InChI is InChI=1S/C21H36O/c1-19(2,3)13-14-21(7,8)15-18(20(4,5)6)16-9-11-17(22)12-10-16/h9-12,18,22H,13-15H2,1-8H3. The van der Waals surface area contributed by atoms with Crippen molar-refractivity contribution in [2.45, 2.75) is 80.6 Å². The van der Waals surface area contributed by atoms with Crippen LogP contribution in [0.5, 0.6) is 5.75 Å². The van der Waals surface area contributed by atoms with E-state index >= 15 is 0 Å². The molecule has 0 saturated heterocycles. The molecule has 1 aromatic carbocycles. The quantitative estimate of drug-likeness (QED) is 0.636. The molecular weight excluding hydrogens is 268 g/mol. The van der Waals surface area contributed by atoms with Gasteiger partial charge in [-0.3, -0.25) is 0 Å². The summed E-state index contributed by atoms with van der Waals surface area (Å²) >= 11 is 0. The van der Waals surface area contributed by atoms with E-state index in [-0.39, 0.29) is 5.41 Å². The molecule has 0 aliphatic carbocycles. The van der Waals surface area contributed by atoms with Gasteiger partial charge in [0.1, 0.15) is 5.75 Å². The lowest BCUT2D eigenvalue weighted by molar-refractivity contribution is 0.180. The first-order chi connectivity index (χ1) is 9.80. The molecule has 0 amide bonds. The molecule has 1 unspecified atom stereocenters. The summed E-state index contributed by atoms with van der Waals surface area (Å²) in [4.78, 5) is 0. The van der Waals surface area contributed by atoms with Crippen molar-refractivity contribution < 1.29 is 5.11 Å². The van der Waals surface area contributed by atoms with Crippen LogP contribution in [0, 0.1) is 16.2 Å². The van der Waals surface area contributed by atoms with Gasteiger partial charge in [-0.1, -0.05) is 67.5 Å². The second-order valence-corrected chi connectivity index (χ2v) is 9.94. The van der Waals surface area contributed by atoms with E-state index < -0.39 is 0 Å². The largest absolute Gasteiger partial charge is 0.508 e. The summed E-state index contributed by atoms with van der Waals surface area (Å²) in [5, 5.41) is 9.55. The first-order valence-corrected chi connectivity index (χ1v) is 8.59. The molecule has 126 valence electrons. The Balaban J connectivity index is 2.92. The number of phenols is 1. The number of phenolic OH excluding ortho intramolecular Hbond substituents is 1. The summed E-state index contributed by atoms with van der Waals surface area (Å²) in [6.45, 7) is 18.7. The van der Waals surface area contributed by atoms with Crippen LogP contribution in [0.3, 0.4) is 0 Å². The number of hydrogen-bond acceptors (Lipinski definition) is 1. The molecule has 1 aromatic rings. The number of hydrogen-bond donors (Lipinski definition) is 1. The van der Waals surface area contributed by atoms with Crippen LogP contribution < -0.4 is 0 Å². The Hall–Kier alpha value is -0.980. The van der Waals surface area contributed by atoms with Crippen molar-refractivity contribution in [3.63, 3.8) is 0 Å². The lowest BCUT2D eigenvalue weighted by Gasteiger charge is -2.38. The highest BCUT2D eigenvalue weighted by molar-refractivity contribution is 5.29. The van der Waals surface area contributed by atoms with Gasteiger partial charge in [-0.15, -0.1) is 0 Å². The van der Waals surface area contributed by atoms with E-state index in [0.29, 0.717) is 22.5 Å². The second-order valence-electron chi connectivity index (χ2n) is 9.94. The molecule has 0 aromatic heterocycles. The van der Waals surface area contributed by atoms with E-state index in [0.717, 1.165) is 0 Å². The average Bonchev–Trinajstić information content (AvgIpc) is 2.33. The Morgan fingerprint density at radius 3 is 1.73 bits per heavy atom. The molecule has 0 saturated carbocycles. The summed E-state index contributed by atoms with van der Waals surface area (Å²) < 4.78 is 0. The molecule has 1 N–H and O–H groups in total. The Morgan fingerprint density at radius 2 is 1.32 bits per heavy atom. The number of rotatable bonds is 5. The van der Waals surface area contributed by atoms with E-state index in [2.05, 4.69) is 67.5 Å². The van der Waals surface area contributed by atoms with Gasteiger partial charge in [0, 0.05) is 0 Å². The molecule has 0 fully saturated rings. The molecule has 1 heteroatoms. The van der Waals surface area contributed by atoms with Crippen LogP contribution in [0.15, 0.2) is 24.3 Å². The maximum Gasteiger partial charge on any atom is 0.115 e. The Labute approximate surface area is 138 Å². The zero-order valence-corrected chi connectivity index (χ0v) is 16.0. The van der Waals surface area contributed by atoms with Crippen LogP contribution in [0.4, 0.5) is 0 Å². The Bertz CT molecular complexity index is 454. The molecule has 1 rings (SSSR count). The lowest BCUT2D eigenvalue weighted by atomic mass is 9.66. The minimum absolute atomic E-state index is 0.218. The van der Waals surface area contributed by atoms with Crippen molar-refractivity contribution in [3.05, 3.63) is 29.8 Å². The van der Waals surface area contributed by atoms with E-state index in [1.165, 1.54) is 24.8 Å². The third-order valence-electron chi connectivity index (χ3n) is 4.65. The predicted octanol–water partition coefficient (Wildman–Crippen LogP) is 6.76. The third-order valence-corrected chi connectivity index (χ3v) is 4.65. The molecular formula is C21H36O.